The van der Waals surface area contributed by atoms with Gasteiger partial charge in [-0.1, -0.05) is 41.6 Å². The number of nitrogens with zero attached hydrogens (tertiary/aromatic N) is 1. The molecule has 0 unspecified atom stereocenters. The number of nitrogens with one attached hydrogen (secondary N) is 1. The van der Waals surface area contributed by atoms with Gasteiger partial charge in [0, 0.05) is 10.5 Å². The summed E-state index contributed by atoms with van der Waals surface area (Å²) in [5.41, 5.74) is -0.546. The van der Waals surface area contributed by atoms with E-state index in [1.165, 1.54) is 12.1 Å². The van der Waals surface area contributed by atoms with Crippen LogP contribution in [0.2, 0.25) is 0 Å². The molecule has 0 spiro atoms. The summed E-state index contributed by atoms with van der Waals surface area (Å²) in [5, 5.41) is 11.0. The second-order valence-corrected chi connectivity index (χ2v) is 7.31. The van der Waals surface area contributed by atoms with Crippen molar-refractivity contribution in [2.45, 2.75) is 30.7 Å². The molecule has 1 atom stereocenters. The Hall–Kier alpha value is -1.27. The van der Waals surface area contributed by atoms with E-state index in [-0.39, 0.29) is 13.0 Å². The molecule has 0 fully saturated rings. The molecule has 1 rings (SSSR count). The van der Waals surface area contributed by atoms with E-state index in [4.69, 9.17) is 4.74 Å². The second kappa shape index (κ2) is 9.13. The van der Waals surface area contributed by atoms with Crippen molar-refractivity contribution in [3.63, 3.8) is 0 Å². The van der Waals surface area contributed by atoms with Crippen LogP contribution in [0.25, 0.3) is 0 Å². The molecule has 0 aliphatic carbocycles. The van der Waals surface area contributed by atoms with Crippen LogP contribution in [0.3, 0.4) is 0 Å². The van der Waals surface area contributed by atoms with E-state index >= 15 is 0 Å². The smallest absolute Gasteiger partial charge is 0.324 e. The first kappa shape index (κ1) is 19.8. The highest BCUT2D eigenvalue weighted by atomic mass is 127. The molecule has 0 aliphatic heterocycles. The highest BCUT2D eigenvalue weighted by Gasteiger charge is 2.30. The molecule has 0 heterocycles. The fraction of sp³-hybridized carbons (Fsp3) is 0.462. The third-order valence-electron chi connectivity index (χ3n) is 2.78. The predicted molar refractivity (Wildman–Crippen MR) is 92.0 cm³/mol. The third-order valence-corrected chi connectivity index (χ3v) is 4.92. The van der Waals surface area contributed by atoms with E-state index in [2.05, 4.69) is 4.72 Å². The quantitative estimate of drug-likeness (QED) is 0.200. The molecular weight excluding hydrogens is 439 g/mol. The van der Waals surface area contributed by atoms with Crippen molar-refractivity contribution in [3.8, 4) is 0 Å². The molecule has 0 saturated carbocycles. The van der Waals surface area contributed by atoms with Crippen LogP contribution in [0.5, 0.6) is 0 Å². The summed E-state index contributed by atoms with van der Waals surface area (Å²) >= 11 is 2.01. The van der Waals surface area contributed by atoms with Gasteiger partial charge < -0.3 is 4.74 Å². The maximum Gasteiger partial charge on any atom is 0.324 e. The van der Waals surface area contributed by atoms with E-state index in [0.29, 0.717) is 10.8 Å². The third kappa shape index (κ3) is 5.70. The zero-order valence-corrected chi connectivity index (χ0v) is 15.4. The lowest BCUT2D eigenvalue weighted by atomic mass is 10.2. The second-order valence-electron chi connectivity index (χ2n) is 4.54. The lowest BCUT2D eigenvalue weighted by Gasteiger charge is -2.16. The van der Waals surface area contributed by atoms with E-state index in [1.54, 1.807) is 0 Å². The standard InChI is InChI=1S/C13H17IN2O6S/c1-2-9-22-13(17)10(7-8-14)15-23(20,21)12-6-4-3-5-11(12)16(18)19/h3-6,10,15H,2,7-9H2,1H3/t10-/m1/s1. The summed E-state index contributed by atoms with van der Waals surface area (Å²) in [5.74, 6) is -0.689. The van der Waals surface area contributed by atoms with Crippen LogP contribution in [0.4, 0.5) is 5.69 Å². The van der Waals surface area contributed by atoms with Gasteiger partial charge in [0.05, 0.1) is 11.5 Å². The van der Waals surface area contributed by atoms with Crippen molar-refractivity contribution in [1.82, 2.24) is 4.72 Å². The zero-order valence-electron chi connectivity index (χ0n) is 12.4. The number of halogens is 1. The lowest BCUT2D eigenvalue weighted by Crippen LogP contribution is -2.42. The topological polar surface area (TPSA) is 116 Å². The molecule has 1 N–H and O–H groups in total. The molecule has 0 radical (unpaired) electrons. The van der Waals surface area contributed by atoms with Crippen molar-refractivity contribution >= 4 is 44.3 Å². The fourth-order valence-electron chi connectivity index (χ4n) is 1.72. The molecule has 0 amide bonds. The first-order valence-electron chi connectivity index (χ1n) is 6.81. The molecule has 10 heteroatoms. The Morgan fingerprint density at radius 2 is 2.09 bits per heavy atom. The zero-order chi connectivity index (χ0) is 17.5. The average molecular weight is 456 g/mol. The Morgan fingerprint density at radius 1 is 1.43 bits per heavy atom. The van der Waals surface area contributed by atoms with E-state index in [9.17, 15) is 23.3 Å². The number of hydrogen-bond acceptors (Lipinski definition) is 6. The van der Waals surface area contributed by atoms with Gasteiger partial charge in [-0.05, 0) is 18.9 Å². The number of rotatable bonds is 9. The van der Waals surface area contributed by atoms with Gasteiger partial charge >= 0.3 is 5.97 Å². The molecule has 1 aromatic carbocycles. The molecule has 8 nitrogen and oxygen atoms in total. The molecule has 0 saturated heterocycles. The molecular formula is C13H17IN2O6S. The van der Waals surface area contributed by atoms with E-state index in [0.717, 1.165) is 12.1 Å². The number of hydrogen-bond donors (Lipinski definition) is 1. The van der Waals surface area contributed by atoms with Crippen LogP contribution < -0.4 is 4.72 Å². The number of para-hydroxylation sites is 1. The molecule has 0 bridgehead atoms. The molecule has 0 aliphatic rings. The van der Waals surface area contributed by atoms with Crippen LogP contribution in [0.15, 0.2) is 29.2 Å². The number of carbonyl (C=O) groups excluding carboxylic acids is 1. The highest BCUT2D eigenvalue weighted by molar-refractivity contribution is 14.1. The first-order chi connectivity index (χ1) is 10.8. The van der Waals surface area contributed by atoms with Crippen LogP contribution in [0, 0.1) is 10.1 Å². The van der Waals surface area contributed by atoms with Gasteiger partial charge in [-0.15, -0.1) is 0 Å². The van der Waals surface area contributed by atoms with Crippen molar-refractivity contribution < 1.29 is 22.9 Å². The molecule has 0 aromatic heterocycles. The Kier molecular flexibility index (Phi) is 7.85. The average Bonchev–Trinajstić information content (AvgIpc) is 2.52. The number of nitro benzene ring substituents is 1. The number of carbonyl (C=O) groups is 1. The van der Waals surface area contributed by atoms with Crippen molar-refractivity contribution in [2.24, 2.45) is 0 Å². The van der Waals surface area contributed by atoms with Gasteiger partial charge in [0.25, 0.3) is 5.69 Å². The normalized spacial score (nSPS) is 12.6. The minimum absolute atomic E-state index is 0.184. The summed E-state index contributed by atoms with van der Waals surface area (Å²) in [4.78, 5) is 21.6. The van der Waals surface area contributed by atoms with Gasteiger partial charge in [0.15, 0.2) is 4.90 Å². The Labute approximate surface area is 147 Å². The monoisotopic (exact) mass is 456 g/mol. The van der Waals surface area contributed by atoms with Crippen LogP contribution >= 0.6 is 22.6 Å². The van der Waals surface area contributed by atoms with Crippen molar-refractivity contribution in [2.75, 3.05) is 11.0 Å². The van der Waals surface area contributed by atoms with Crippen LogP contribution in [-0.2, 0) is 19.6 Å². The highest BCUT2D eigenvalue weighted by Crippen LogP contribution is 2.23. The number of nitro groups is 1. The van der Waals surface area contributed by atoms with Crippen molar-refractivity contribution in [3.05, 3.63) is 34.4 Å². The van der Waals surface area contributed by atoms with E-state index in [1.807, 2.05) is 29.5 Å². The summed E-state index contributed by atoms with van der Waals surface area (Å²) in [7, 11) is -4.22. The van der Waals surface area contributed by atoms with Gasteiger partial charge in [0.2, 0.25) is 10.0 Å². The number of esters is 1. The summed E-state index contributed by atoms with van der Waals surface area (Å²) in [6.07, 6.45) is 0.836. The summed E-state index contributed by atoms with van der Waals surface area (Å²) < 4.78 is 32.5. The summed E-state index contributed by atoms with van der Waals surface area (Å²) in [6, 6.07) is 3.89. The predicted octanol–water partition coefficient (Wildman–Crippen LogP) is 2.02. The Bertz CT molecular complexity index is 664. The molecule has 1 aromatic rings. The SMILES string of the molecule is CCCOC(=O)[C@@H](CCI)NS(=O)(=O)c1ccccc1[N+](=O)[O-]. The number of sulfonamides is 1. The van der Waals surface area contributed by atoms with Gasteiger partial charge in [-0.2, -0.15) is 4.72 Å². The maximum absolute atomic E-state index is 12.4. The van der Waals surface area contributed by atoms with Crippen molar-refractivity contribution in [1.29, 1.82) is 0 Å². The van der Waals surface area contributed by atoms with Gasteiger partial charge in [0.1, 0.15) is 6.04 Å². The minimum atomic E-state index is -4.22. The maximum atomic E-state index is 12.4. The Morgan fingerprint density at radius 3 is 2.65 bits per heavy atom. The Balaban J connectivity index is 3.07. The van der Waals surface area contributed by atoms with Gasteiger partial charge in [-0.3, -0.25) is 14.9 Å². The largest absolute Gasteiger partial charge is 0.465 e. The fourth-order valence-corrected chi connectivity index (χ4v) is 3.74. The molecule has 128 valence electrons. The number of benzene rings is 1. The lowest BCUT2D eigenvalue weighted by molar-refractivity contribution is -0.387. The van der Waals surface area contributed by atoms with Crippen LogP contribution in [0.1, 0.15) is 19.8 Å². The first-order valence-corrected chi connectivity index (χ1v) is 9.82. The van der Waals surface area contributed by atoms with E-state index < -0.39 is 37.5 Å². The van der Waals surface area contributed by atoms with Crippen LogP contribution in [-0.4, -0.2) is 36.4 Å². The molecule has 23 heavy (non-hydrogen) atoms. The summed E-state index contributed by atoms with van der Waals surface area (Å²) in [6.45, 7) is 2.00. The number of ether oxygens (including phenoxy) is 1. The number of alkyl halides is 1. The minimum Gasteiger partial charge on any atom is -0.465 e. The van der Waals surface area contributed by atoms with Gasteiger partial charge in [-0.25, -0.2) is 8.42 Å².